The summed E-state index contributed by atoms with van der Waals surface area (Å²) in [4.78, 5) is 34.0. The van der Waals surface area contributed by atoms with Gasteiger partial charge in [0.25, 0.3) is 5.56 Å². The van der Waals surface area contributed by atoms with Crippen LogP contribution in [-0.4, -0.2) is 66.1 Å². The lowest BCUT2D eigenvalue weighted by Gasteiger charge is -2.42. The average Bonchev–Trinajstić information content (AvgIpc) is 3.78. The quantitative estimate of drug-likeness (QED) is 0.254. The number of halogens is 2. The highest BCUT2D eigenvalue weighted by Gasteiger charge is 2.50. The molecule has 3 aromatic heterocycles. The van der Waals surface area contributed by atoms with Crippen molar-refractivity contribution in [1.82, 2.24) is 34.4 Å². The van der Waals surface area contributed by atoms with E-state index in [0.29, 0.717) is 65.6 Å². The molecule has 0 radical (unpaired) electrons. The fourth-order valence-electron chi connectivity index (χ4n) is 7.57. The van der Waals surface area contributed by atoms with Crippen LogP contribution >= 0.6 is 11.6 Å². The summed E-state index contributed by atoms with van der Waals surface area (Å²) in [6, 6.07) is 11.6. The third kappa shape index (κ3) is 5.20. The second-order valence-electron chi connectivity index (χ2n) is 13.0. The molecule has 14 heteroatoms. The van der Waals surface area contributed by atoms with E-state index in [0.717, 1.165) is 29.3 Å². The van der Waals surface area contributed by atoms with Crippen LogP contribution in [0.4, 0.5) is 15.1 Å². The van der Waals surface area contributed by atoms with Gasteiger partial charge in [-0.3, -0.25) is 14.0 Å². The standard InChI is InChI=1S/C34H36ClFN8O4/c1-41-17-22-23(39-41)13-12-21(28(22)35)30-27-31(44(40-30)26-10-6-7-15-47-26)38-33(42(2)32(27)45)43-20-11-14-25(43)29(36)24(16-20)37-34(46)48-18-19-8-4-3-5-9-19/h3-5,8-9,12-13,17,20,24-26,29H,6-7,10-11,14-16,18H2,1-2H3,(H,37,46)/t20-,24+,25+,26?,29-/m1/s1. The molecule has 0 spiro atoms. The Kier molecular flexibility index (Phi) is 7.83. The monoisotopic (exact) mass is 674 g/mol. The van der Waals surface area contributed by atoms with E-state index < -0.39 is 30.6 Å². The summed E-state index contributed by atoms with van der Waals surface area (Å²) in [5.74, 6) is 0.366. The number of hydrogen-bond donors (Lipinski definition) is 1. The number of nitrogens with zero attached hydrogens (tertiary/aromatic N) is 7. The highest BCUT2D eigenvalue weighted by Crippen LogP contribution is 2.42. The lowest BCUT2D eigenvalue weighted by molar-refractivity contribution is -0.0368. The number of aromatic nitrogens is 6. The van der Waals surface area contributed by atoms with Crippen molar-refractivity contribution < 1.29 is 18.7 Å². The van der Waals surface area contributed by atoms with Crippen LogP contribution in [0.2, 0.25) is 5.02 Å². The minimum Gasteiger partial charge on any atom is -0.445 e. The minimum atomic E-state index is -1.40. The summed E-state index contributed by atoms with van der Waals surface area (Å²) >= 11 is 6.94. The van der Waals surface area contributed by atoms with Crippen LogP contribution in [0.5, 0.6) is 0 Å². The first-order valence-electron chi connectivity index (χ1n) is 16.4. The van der Waals surface area contributed by atoms with Crippen molar-refractivity contribution in [1.29, 1.82) is 0 Å². The van der Waals surface area contributed by atoms with Gasteiger partial charge in [0.05, 0.1) is 22.6 Å². The summed E-state index contributed by atoms with van der Waals surface area (Å²) in [6.07, 6.45) is 3.60. The van der Waals surface area contributed by atoms with Gasteiger partial charge < -0.3 is 19.7 Å². The maximum atomic E-state index is 16.2. The summed E-state index contributed by atoms with van der Waals surface area (Å²) in [5.41, 5.74) is 2.65. The van der Waals surface area contributed by atoms with Crippen molar-refractivity contribution in [3.05, 3.63) is 69.6 Å². The maximum absolute atomic E-state index is 16.2. The summed E-state index contributed by atoms with van der Waals surface area (Å²) < 4.78 is 32.6. The topological polar surface area (TPSA) is 121 Å². The normalized spacial score (nSPS) is 24.0. The molecule has 5 atom stereocenters. The van der Waals surface area contributed by atoms with Gasteiger partial charge in [0.15, 0.2) is 11.9 Å². The number of benzene rings is 2. The molecular formula is C34H36ClFN8O4. The van der Waals surface area contributed by atoms with Crippen LogP contribution in [-0.2, 0) is 30.2 Å². The Labute approximate surface area is 280 Å². The number of fused-ring (bicyclic) bond motifs is 4. The number of ether oxygens (including phenoxy) is 2. The fraction of sp³-hybridized carbons (Fsp3) is 0.441. The summed E-state index contributed by atoms with van der Waals surface area (Å²) in [7, 11) is 3.49. The van der Waals surface area contributed by atoms with Gasteiger partial charge in [-0.2, -0.15) is 15.2 Å². The number of aryl methyl sites for hydroxylation is 1. The molecule has 3 aliphatic heterocycles. The number of alkyl halides is 1. The lowest BCUT2D eigenvalue weighted by atomic mass is 9.95. The van der Waals surface area contributed by atoms with Crippen molar-refractivity contribution >= 4 is 45.6 Å². The SMILES string of the molecule is Cn1cc2c(Cl)c(-c3nn(C4CCCCO4)c4nc(N5[C@@H]6CC[C@H]5[C@H](F)[C@@H](NC(=O)OCc5ccccc5)C6)n(C)c(=O)c34)ccc2n1. The van der Waals surface area contributed by atoms with Gasteiger partial charge in [0.2, 0.25) is 5.95 Å². The van der Waals surface area contributed by atoms with Crippen LogP contribution in [0, 0.1) is 0 Å². The van der Waals surface area contributed by atoms with E-state index in [1.54, 1.807) is 16.4 Å². The molecule has 3 fully saturated rings. The molecule has 250 valence electrons. The van der Waals surface area contributed by atoms with Gasteiger partial charge in [-0.15, -0.1) is 0 Å². The Balaban J connectivity index is 1.15. The Bertz CT molecular complexity index is 2070. The zero-order valence-electron chi connectivity index (χ0n) is 26.7. The largest absolute Gasteiger partial charge is 0.445 e. The molecule has 1 amide bonds. The predicted molar refractivity (Wildman–Crippen MR) is 179 cm³/mol. The zero-order valence-corrected chi connectivity index (χ0v) is 27.4. The Hall–Kier alpha value is -4.49. The number of carbonyl (C=O) groups is 1. The molecule has 6 heterocycles. The molecule has 3 aliphatic rings. The molecular weight excluding hydrogens is 639 g/mol. The molecule has 0 saturated carbocycles. The summed E-state index contributed by atoms with van der Waals surface area (Å²) in [5, 5.41) is 13.7. The molecule has 12 nitrogen and oxygen atoms in total. The van der Waals surface area contributed by atoms with Gasteiger partial charge in [-0.05, 0) is 56.2 Å². The Morgan fingerprint density at radius 1 is 1.10 bits per heavy atom. The van der Waals surface area contributed by atoms with Gasteiger partial charge in [-0.25, -0.2) is 13.9 Å². The minimum absolute atomic E-state index is 0.100. The van der Waals surface area contributed by atoms with Gasteiger partial charge in [-0.1, -0.05) is 41.9 Å². The molecule has 5 aromatic rings. The Morgan fingerprint density at radius 3 is 2.73 bits per heavy atom. The number of anilines is 1. The summed E-state index contributed by atoms with van der Waals surface area (Å²) in [6.45, 7) is 0.673. The molecule has 2 aromatic carbocycles. The fourth-order valence-corrected chi connectivity index (χ4v) is 7.87. The van der Waals surface area contributed by atoms with Gasteiger partial charge >= 0.3 is 6.09 Å². The molecule has 3 saturated heterocycles. The van der Waals surface area contributed by atoms with E-state index in [1.807, 2.05) is 60.6 Å². The van der Waals surface area contributed by atoms with Crippen LogP contribution < -0.4 is 15.8 Å². The predicted octanol–water partition coefficient (Wildman–Crippen LogP) is 5.41. The Morgan fingerprint density at radius 2 is 1.94 bits per heavy atom. The zero-order chi connectivity index (χ0) is 33.1. The average molecular weight is 675 g/mol. The van der Waals surface area contributed by atoms with Crippen LogP contribution in [0.15, 0.2) is 53.5 Å². The smallest absolute Gasteiger partial charge is 0.407 e. The molecule has 1 unspecified atom stereocenters. The van der Waals surface area contributed by atoms with E-state index in [2.05, 4.69) is 10.4 Å². The number of rotatable bonds is 6. The number of nitrogens with one attached hydrogen (secondary N) is 1. The van der Waals surface area contributed by atoms with E-state index in [1.165, 1.54) is 4.57 Å². The van der Waals surface area contributed by atoms with E-state index in [9.17, 15) is 9.59 Å². The molecule has 2 bridgehead atoms. The lowest BCUT2D eigenvalue weighted by Crippen LogP contribution is -2.59. The van der Waals surface area contributed by atoms with Gasteiger partial charge in [0.1, 0.15) is 23.9 Å². The first-order chi connectivity index (χ1) is 23.3. The van der Waals surface area contributed by atoms with E-state index in [-0.39, 0.29) is 18.2 Å². The first-order valence-corrected chi connectivity index (χ1v) is 16.8. The number of carbonyl (C=O) groups excluding carboxylic acids is 1. The van der Waals surface area contributed by atoms with E-state index >= 15 is 4.39 Å². The third-order valence-electron chi connectivity index (χ3n) is 9.90. The third-order valence-corrected chi connectivity index (χ3v) is 10.3. The van der Waals surface area contributed by atoms with Crippen LogP contribution in [0.1, 0.15) is 50.3 Å². The molecule has 0 aliphatic carbocycles. The van der Waals surface area contributed by atoms with Crippen molar-refractivity contribution in [3.63, 3.8) is 0 Å². The van der Waals surface area contributed by atoms with Crippen molar-refractivity contribution in [2.45, 2.75) is 75.7 Å². The first kappa shape index (κ1) is 30.8. The van der Waals surface area contributed by atoms with Crippen molar-refractivity contribution in [2.24, 2.45) is 14.1 Å². The molecule has 48 heavy (non-hydrogen) atoms. The van der Waals surface area contributed by atoms with Crippen molar-refractivity contribution in [3.8, 4) is 11.3 Å². The van der Waals surface area contributed by atoms with Crippen LogP contribution in [0.25, 0.3) is 33.2 Å². The number of piperidine rings is 1. The van der Waals surface area contributed by atoms with Gasteiger partial charge in [0, 0.05) is 43.9 Å². The van der Waals surface area contributed by atoms with E-state index in [4.69, 9.17) is 31.2 Å². The highest BCUT2D eigenvalue weighted by molar-refractivity contribution is 6.38. The molecule has 1 N–H and O–H groups in total. The van der Waals surface area contributed by atoms with Crippen molar-refractivity contribution in [2.75, 3.05) is 11.5 Å². The number of amides is 1. The number of hydrogen-bond acceptors (Lipinski definition) is 8. The second kappa shape index (κ2) is 12.2. The maximum Gasteiger partial charge on any atom is 0.407 e. The number of alkyl carbamates (subject to hydrolysis) is 1. The second-order valence-corrected chi connectivity index (χ2v) is 13.3. The molecule has 8 rings (SSSR count). The van der Waals surface area contributed by atoms with Crippen LogP contribution in [0.3, 0.4) is 0 Å². The highest BCUT2D eigenvalue weighted by atomic mass is 35.5.